The number of aliphatic hydroxyl groups is 1. The molecule has 1 N–H and O–H groups in total. The zero-order valence-corrected chi connectivity index (χ0v) is 12.0. The molecule has 84 valence electrons. The van der Waals surface area contributed by atoms with Gasteiger partial charge in [0.05, 0.1) is 16.6 Å². The average Bonchev–Trinajstić information content (AvgIpc) is 2.74. The molecule has 1 atom stereocenters. The second-order valence-corrected chi connectivity index (χ2v) is 5.90. The summed E-state index contributed by atoms with van der Waals surface area (Å²) in [6.07, 6.45) is 1.85. The first-order chi connectivity index (χ1) is 7.66. The van der Waals surface area contributed by atoms with Crippen LogP contribution in [-0.4, -0.2) is 10.1 Å². The van der Waals surface area contributed by atoms with Gasteiger partial charge in [0.1, 0.15) is 0 Å². The predicted octanol–water partition coefficient (Wildman–Crippen LogP) is 3.68. The fourth-order valence-corrected chi connectivity index (χ4v) is 2.53. The summed E-state index contributed by atoms with van der Waals surface area (Å²) in [5, 5.41) is 10.7. The van der Waals surface area contributed by atoms with Crippen molar-refractivity contribution in [2.45, 2.75) is 12.5 Å². The molecule has 0 saturated heterocycles. The number of rotatable bonds is 3. The van der Waals surface area contributed by atoms with E-state index in [9.17, 15) is 5.11 Å². The second kappa shape index (κ2) is 5.44. The van der Waals surface area contributed by atoms with Crippen LogP contribution in [0.4, 0.5) is 0 Å². The molecule has 0 aliphatic heterocycles. The van der Waals surface area contributed by atoms with Crippen molar-refractivity contribution in [1.29, 1.82) is 0 Å². The molecule has 1 unspecified atom stereocenters. The van der Waals surface area contributed by atoms with Crippen LogP contribution in [0.25, 0.3) is 0 Å². The fraction of sp³-hybridized carbons (Fsp3) is 0.182. The SMILES string of the molecule is OC(Cc1cncs1)c1ccc(I)c(Cl)c1. The maximum Gasteiger partial charge on any atom is 0.0839 e. The van der Waals surface area contributed by atoms with Crippen molar-refractivity contribution in [3.63, 3.8) is 0 Å². The van der Waals surface area contributed by atoms with Crippen LogP contribution in [0.3, 0.4) is 0 Å². The summed E-state index contributed by atoms with van der Waals surface area (Å²) in [5.41, 5.74) is 2.61. The largest absolute Gasteiger partial charge is 0.388 e. The summed E-state index contributed by atoms with van der Waals surface area (Å²) in [6, 6.07) is 5.63. The summed E-state index contributed by atoms with van der Waals surface area (Å²) >= 11 is 9.72. The number of hydrogen-bond acceptors (Lipinski definition) is 3. The van der Waals surface area contributed by atoms with Crippen LogP contribution in [0.5, 0.6) is 0 Å². The van der Waals surface area contributed by atoms with Crippen LogP contribution in [0.1, 0.15) is 16.5 Å². The highest BCUT2D eigenvalue weighted by atomic mass is 127. The standard InChI is InChI=1S/C11H9ClINOS/c12-9-3-7(1-2-10(9)13)11(15)4-8-5-14-6-16-8/h1-3,5-6,11,15H,4H2. The Kier molecular flexibility index (Phi) is 4.18. The zero-order valence-electron chi connectivity index (χ0n) is 8.23. The quantitative estimate of drug-likeness (QED) is 0.842. The van der Waals surface area contributed by atoms with Crippen molar-refractivity contribution in [3.8, 4) is 0 Å². The molecule has 0 bridgehead atoms. The van der Waals surface area contributed by atoms with E-state index in [4.69, 9.17) is 11.6 Å². The lowest BCUT2D eigenvalue weighted by Gasteiger charge is -2.10. The third kappa shape index (κ3) is 2.94. The molecular weight excluding hydrogens is 357 g/mol. The molecule has 0 fully saturated rings. The Morgan fingerprint density at radius 2 is 2.31 bits per heavy atom. The van der Waals surface area contributed by atoms with E-state index in [0.717, 1.165) is 14.0 Å². The molecule has 0 saturated carbocycles. The van der Waals surface area contributed by atoms with Gasteiger partial charge in [0, 0.05) is 21.1 Å². The van der Waals surface area contributed by atoms with Gasteiger partial charge in [-0.05, 0) is 40.3 Å². The highest BCUT2D eigenvalue weighted by Crippen LogP contribution is 2.25. The molecule has 1 heterocycles. The number of aromatic nitrogens is 1. The van der Waals surface area contributed by atoms with E-state index >= 15 is 0 Å². The Morgan fingerprint density at radius 3 is 2.94 bits per heavy atom. The Hall–Kier alpha value is -0.170. The molecule has 5 heteroatoms. The monoisotopic (exact) mass is 365 g/mol. The van der Waals surface area contributed by atoms with Crippen molar-refractivity contribution in [1.82, 2.24) is 4.98 Å². The van der Waals surface area contributed by atoms with E-state index in [1.165, 1.54) is 0 Å². The lowest BCUT2D eigenvalue weighted by Crippen LogP contribution is -2.00. The van der Waals surface area contributed by atoms with Crippen molar-refractivity contribution < 1.29 is 5.11 Å². The molecule has 0 aliphatic carbocycles. The van der Waals surface area contributed by atoms with Gasteiger partial charge in [-0.15, -0.1) is 11.3 Å². The van der Waals surface area contributed by atoms with Crippen LogP contribution in [0.15, 0.2) is 29.9 Å². The molecule has 0 spiro atoms. The molecule has 2 rings (SSSR count). The van der Waals surface area contributed by atoms with E-state index in [2.05, 4.69) is 27.6 Å². The highest BCUT2D eigenvalue weighted by molar-refractivity contribution is 14.1. The first-order valence-corrected chi connectivity index (χ1v) is 7.01. The van der Waals surface area contributed by atoms with Crippen LogP contribution in [-0.2, 0) is 6.42 Å². The lowest BCUT2D eigenvalue weighted by molar-refractivity contribution is 0.179. The van der Waals surface area contributed by atoms with E-state index < -0.39 is 6.10 Å². The maximum atomic E-state index is 10.0. The van der Waals surface area contributed by atoms with Crippen molar-refractivity contribution >= 4 is 45.5 Å². The molecule has 16 heavy (non-hydrogen) atoms. The van der Waals surface area contributed by atoms with E-state index in [1.54, 1.807) is 23.0 Å². The third-order valence-electron chi connectivity index (χ3n) is 2.21. The van der Waals surface area contributed by atoms with Crippen molar-refractivity contribution in [2.75, 3.05) is 0 Å². The zero-order chi connectivity index (χ0) is 11.5. The molecule has 0 radical (unpaired) electrons. The van der Waals surface area contributed by atoms with Crippen LogP contribution in [0.2, 0.25) is 5.02 Å². The third-order valence-corrected chi connectivity index (χ3v) is 4.58. The number of aliphatic hydroxyl groups excluding tert-OH is 1. The molecule has 2 aromatic rings. The minimum atomic E-state index is -0.519. The number of halogens is 2. The first kappa shape index (κ1) is 12.3. The van der Waals surface area contributed by atoms with Crippen LogP contribution in [0, 0.1) is 3.57 Å². The Labute approximate surface area is 116 Å². The summed E-state index contributed by atoms with van der Waals surface area (Å²) in [6.45, 7) is 0. The minimum Gasteiger partial charge on any atom is -0.388 e. The molecule has 0 amide bonds. The number of thiazole rings is 1. The molecule has 1 aromatic carbocycles. The Balaban J connectivity index is 2.14. The topological polar surface area (TPSA) is 33.1 Å². The van der Waals surface area contributed by atoms with Gasteiger partial charge in [0.15, 0.2) is 0 Å². The van der Waals surface area contributed by atoms with Gasteiger partial charge in [-0.3, -0.25) is 4.98 Å². The van der Waals surface area contributed by atoms with Crippen molar-refractivity contribution in [2.24, 2.45) is 0 Å². The summed E-state index contributed by atoms with van der Waals surface area (Å²) in [4.78, 5) is 5.05. The molecular formula is C11H9ClINOS. The fourth-order valence-electron chi connectivity index (χ4n) is 1.37. The van der Waals surface area contributed by atoms with Gasteiger partial charge < -0.3 is 5.11 Å². The normalized spacial score (nSPS) is 12.7. The van der Waals surface area contributed by atoms with Gasteiger partial charge in [0.2, 0.25) is 0 Å². The highest BCUT2D eigenvalue weighted by Gasteiger charge is 2.11. The average molecular weight is 366 g/mol. The minimum absolute atomic E-state index is 0.519. The van der Waals surface area contributed by atoms with E-state index in [-0.39, 0.29) is 0 Å². The molecule has 2 nitrogen and oxygen atoms in total. The molecule has 1 aromatic heterocycles. The van der Waals surface area contributed by atoms with Crippen LogP contribution < -0.4 is 0 Å². The number of nitrogens with zero attached hydrogens (tertiary/aromatic N) is 1. The molecule has 0 aliphatic rings. The summed E-state index contributed by atoms with van der Waals surface area (Å²) in [5.74, 6) is 0. The summed E-state index contributed by atoms with van der Waals surface area (Å²) in [7, 11) is 0. The summed E-state index contributed by atoms with van der Waals surface area (Å²) < 4.78 is 0.994. The number of benzene rings is 1. The van der Waals surface area contributed by atoms with Gasteiger partial charge in [-0.1, -0.05) is 17.7 Å². The van der Waals surface area contributed by atoms with E-state index in [1.807, 2.05) is 18.2 Å². The van der Waals surface area contributed by atoms with Gasteiger partial charge >= 0.3 is 0 Å². The van der Waals surface area contributed by atoms with Gasteiger partial charge in [0.25, 0.3) is 0 Å². The Morgan fingerprint density at radius 1 is 1.50 bits per heavy atom. The smallest absolute Gasteiger partial charge is 0.0839 e. The van der Waals surface area contributed by atoms with Crippen molar-refractivity contribution in [3.05, 3.63) is 48.9 Å². The van der Waals surface area contributed by atoms with Crippen LogP contribution >= 0.6 is 45.5 Å². The lowest BCUT2D eigenvalue weighted by atomic mass is 10.1. The first-order valence-electron chi connectivity index (χ1n) is 4.67. The van der Waals surface area contributed by atoms with Gasteiger partial charge in [-0.25, -0.2) is 0 Å². The number of hydrogen-bond donors (Lipinski definition) is 1. The Bertz CT molecular complexity index is 475. The predicted molar refractivity (Wildman–Crippen MR) is 74.9 cm³/mol. The maximum absolute atomic E-state index is 10.0. The van der Waals surface area contributed by atoms with E-state index in [0.29, 0.717) is 11.4 Å². The second-order valence-electron chi connectivity index (χ2n) is 3.36. The van der Waals surface area contributed by atoms with Gasteiger partial charge in [-0.2, -0.15) is 0 Å².